The zero-order valence-electron chi connectivity index (χ0n) is 9.35. The molecule has 0 saturated heterocycles. The first-order valence-corrected chi connectivity index (χ1v) is 5.02. The zero-order valence-corrected chi connectivity index (χ0v) is 9.35. The van der Waals surface area contributed by atoms with Gasteiger partial charge in [0.05, 0.1) is 13.7 Å². The van der Waals surface area contributed by atoms with Gasteiger partial charge in [0.25, 0.3) is 5.95 Å². The summed E-state index contributed by atoms with van der Waals surface area (Å²) in [5.74, 6) is 0.155. The van der Waals surface area contributed by atoms with Crippen LogP contribution in [0.2, 0.25) is 0 Å². The van der Waals surface area contributed by atoms with Crippen LogP contribution in [0.3, 0.4) is 0 Å². The van der Waals surface area contributed by atoms with Crippen molar-refractivity contribution in [1.29, 1.82) is 0 Å². The highest BCUT2D eigenvalue weighted by Gasteiger charge is 2.12. The van der Waals surface area contributed by atoms with Gasteiger partial charge in [0, 0.05) is 0 Å². The maximum Gasteiger partial charge on any atom is 0.257 e. The van der Waals surface area contributed by atoms with E-state index >= 15 is 0 Å². The van der Waals surface area contributed by atoms with Crippen LogP contribution in [0.15, 0.2) is 24.3 Å². The van der Waals surface area contributed by atoms with Crippen LogP contribution in [0, 0.1) is 5.95 Å². The van der Waals surface area contributed by atoms with Gasteiger partial charge in [-0.1, -0.05) is 12.1 Å². The number of ether oxygens (including phenoxy) is 1. The SMILES string of the molecule is COc1ccc(Cn2nc(F)c(N)c2N)cc1. The number of nitrogen functional groups attached to an aromatic ring is 2. The molecule has 4 N–H and O–H groups in total. The normalized spacial score (nSPS) is 10.5. The van der Waals surface area contributed by atoms with E-state index in [0.29, 0.717) is 6.54 Å². The Morgan fingerprint density at radius 3 is 2.41 bits per heavy atom. The van der Waals surface area contributed by atoms with Crippen molar-refractivity contribution in [2.24, 2.45) is 0 Å². The fourth-order valence-electron chi connectivity index (χ4n) is 1.48. The Morgan fingerprint density at radius 2 is 1.94 bits per heavy atom. The lowest BCUT2D eigenvalue weighted by atomic mass is 10.2. The summed E-state index contributed by atoms with van der Waals surface area (Å²) < 4.78 is 19.4. The molecule has 0 fully saturated rings. The molecule has 0 aliphatic rings. The third kappa shape index (κ3) is 2.15. The summed E-state index contributed by atoms with van der Waals surface area (Å²) in [6.07, 6.45) is 0. The Hall–Kier alpha value is -2.24. The van der Waals surface area contributed by atoms with Crippen LogP contribution >= 0.6 is 0 Å². The predicted octanol–water partition coefficient (Wildman–Crippen LogP) is 1.24. The van der Waals surface area contributed by atoms with E-state index in [1.807, 2.05) is 24.3 Å². The Labute approximate surface area is 97.8 Å². The molecule has 17 heavy (non-hydrogen) atoms. The molecule has 0 amide bonds. The monoisotopic (exact) mass is 236 g/mol. The lowest BCUT2D eigenvalue weighted by molar-refractivity contribution is 0.414. The summed E-state index contributed by atoms with van der Waals surface area (Å²) in [5.41, 5.74) is 11.8. The van der Waals surface area contributed by atoms with E-state index in [4.69, 9.17) is 16.2 Å². The minimum absolute atomic E-state index is 0.112. The number of benzene rings is 1. The van der Waals surface area contributed by atoms with Gasteiger partial charge in [-0.2, -0.15) is 4.39 Å². The van der Waals surface area contributed by atoms with Crippen molar-refractivity contribution in [2.75, 3.05) is 18.6 Å². The van der Waals surface area contributed by atoms with Crippen LogP contribution < -0.4 is 16.2 Å². The maximum atomic E-state index is 13.1. The molecule has 1 heterocycles. The van der Waals surface area contributed by atoms with Crippen LogP contribution in [0.1, 0.15) is 5.56 Å². The first kappa shape index (κ1) is 11.3. The van der Waals surface area contributed by atoms with Crippen LogP contribution in [0.25, 0.3) is 0 Å². The molecule has 0 radical (unpaired) electrons. The van der Waals surface area contributed by atoms with E-state index in [0.717, 1.165) is 11.3 Å². The highest BCUT2D eigenvalue weighted by molar-refractivity contribution is 5.58. The van der Waals surface area contributed by atoms with Gasteiger partial charge in [-0.15, -0.1) is 5.10 Å². The average Bonchev–Trinajstić information content (AvgIpc) is 2.58. The second kappa shape index (κ2) is 4.32. The molecule has 0 unspecified atom stereocenters. The molecular formula is C11H13FN4O. The van der Waals surface area contributed by atoms with Gasteiger partial charge in [0.1, 0.15) is 17.3 Å². The molecule has 0 bridgehead atoms. The number of hydrogen-bond donors (Lipinski definition) is 2. The number of rotatable bonds is 3. The second-order valence-corrected chi connectivity index (χ2v) is 3.60. The van der Waals surface area contributed by atoms with Crippen molar-refractivity contribution in [3.8, 4) is 5.75 Å². The molecule has 0 spiro atoms. The number of aromatic nitrogens is 2. The van der Waals surface area contributed by atoms with Gasteiger partial charge < -0.3 is 16.2 Å². The Balaban J connectivity index is 2.22. The molecule has 1 aromatic heterocycles. The number of hydrogen-bond acceptors (Lipinski definition) is 4. The van der Waals surface area contributed by atoms with Gasteiger partial charge in [-0.05, 0) is 17.7 Å². The summed E-state index contributed by atoms with van der Waals surface area (Å²) in [5, 5.41) is 3.62. The average molecular weight is 236 g/mol. The number of methoxy groups -OCH3 is 1. The molecule has 90 valence electrons. The van der Waals surface area contributed by atoms with Gasteiger partial charge in [0.15, 0.2) is 0 Å². The molecule has 2 rings (SSSR count). The Kier molecular flexibility index (Phi) is 2.86. The van der Waals surface area contributed by atoms with Crippen molar-refractivity contribution in [3.63, 3.8) is 0 Å². The highest BCUT2D eigenvalue weighted by atomic mass is 19.1. The highest BCUT2D eigenvalue weighted by Crippen LogP contribution is 2.19. The summed E-state index contributed by atoms with van der Waals surface area (Å²) in [6, 6.07) is 7.34. The van der Waals surface area contributed by atoms with Crippen molar-refractivity contribution < 1.29 is 9.13 Å². The molecule has 5 nitrogen and oxygen atoms in total. The van der Waals surface area contributed by atoms with Crippen LogP contribution in [-0.4, -0.2) is 16.9 Å². The Bertz CT molecular complexity index is 521. The van der Waals surface area contributed by atoms with Crippen molar-refractivity contribution in [3.05, 3.63) is 35.8 Å². The molecule has 0 aliphatic carbocycles. The molecule has 0 saturated carbocycles. The molecule has 0 atom stereocenters. The minimum atomic E-state index is -0.740. The number of halogens is 1. The van der Waals surface area contributed by atoms with Gasteiger partial charge in [0.2, 0.25) is 0 Å². The number of anilines is 2. The van der Waals surface area contributed by atoms with Crippen molar-refractivity contribution in [2.45, 2.75) is 6.54 Å². The summed E-state index contributed by atoms with van der Waals surface area (Å²) >= 11 is 0. The maximum absolute atomic E-state index is 13.1. The third-order valence-corrected chi connectivity index (χ3v) is 2.48. The molecule has 1 aromatic carbocycles. The lowest BCUT2D eigenvalue weighted by Crippen LogP contribution is -2.06. The van der Waals surface area contributed by atoms with E-state index in [9.17, 15) is 4.39 Å². The molecule has 2 aromatic rings. The van der Waals surface area contributed by atoms with Crippen molar-refractivity contribution in [1.82, 2.24) is 9.78 Å². The Morgan fingerprint density at radius 1 is 1.29 bits per heavy atom. The van der Waals surface area contributed by atoms with Gasteiger partial charge >= 0.3 is 0 Å². The van der Waals surface area contributed by atoms with Gasteiger partial charge in [-0.3, -0.25) is 0 Å². The fraction of sp³-hybridized carbons (Fsp3) is 0.182. The quantitative estimate of drug-likeness (QED) is 0.840. The van der Waals surface area contributed by atoms with Crippen LogP contribution in [0.5, 0.6) is 5.75 Å². The topological polar surface area (TPSA) is 79.1 Å². The number of nitrogens with two attached hydrogens (primary N) is 2. The van der Waals surface area contributed by atoms with E-state index in [1.54, 1.807) is 7.11 Å². The molecule has 6 heteroatoms. The van der Waals surface area contributed by atoms with E-state index in [-0.39, 0.29) is 11.5 Å². The second-order valence-electron chi connectivity index (χ2n) is 3.60. The molecular weight excluding hydrogens is 223 g/mol. The largest absolute Gasteiger partial charge is 0.497 e. The summed E-state index contributed by atoms with van der Waals surface area (Å²) in [6.45, 7) is 0.365. The zero-order chi connectivity index (χ0) is 12.4. The predicted molar refractivity (Wildman–Crippen MR) is 63.1 cm³/mol. The molecule has 0 aliphatic heterocycles. The van der Waals surface area contributed by atoms with Crippen molar-refractivity contribution >= 4 is 11.5 Å². The first-order chi connectivity index (χ1) is 8.11. The third-order valence-electron chi connectivity index (χ3n) is 2.48. The lowest BCUT2D eigenvalue weighted by Gasteiger charge is -2.05. The fourth-order valence-corrected chi connectivity index (χ4v) is 1.48. The van der Waals surface area contributed by atoms with Gasteiger partial charge in [-0.25, -0.2) is 4.68 Å². The smallest absolute Gasteiger partial charge is 0.257 e. The van der Waals surface area contributed by atoms with E-state index in [2.05, 4.69) is 5.10 Å². The standard InChI is InChI=1S/C11H13FN4O/c1-17-8-4-2-7(3-5-8)6-16-11(14)9(13)10(12)15-16/h2-5H,6,13-14H2,1H3. The number of nitrogens with zero attached hydrogens (tertiary/aromatic N) is 2. The van der Waals surface area contributed by atoms with E-state index < -0.39 is 5.95 Å². The van der Waals surface area contributed by atoms with Crippen LogP contribution in [0.4, 0.5) is 15.9 Å². The summed E-state index contributed by atoms with van der Waals surface area (Å²) in [4.78, 5) is 0. The summed E-state index contributed by atoms with van der Waals surface area (Å²) in [7, 11) is 1.59. The van der Waals surface area contributed by atoms with Crippen LogP contribution in [-0.2, 0) is 6.54 Å². The first-order valence-electron chi connectivity index (χ1n) is 5.02. The minimum Gasteiger partial charge on any atom is -0.497 e. The van der Waals surface area contributed by atoms with E-state index in [1.165, 1.54) is 4.68 Å².